The van der Waals surface area contributed by atoms with Crippen molar-refractivity contribution in [3.63, 3.8) is 0 Å². The van der Waals surface area contributed by atoms with Crippen LogP contribution in [0.1, 0.15) is 27.8 Å². The van der Waals surface area contributed by atoms with Gasteiger partial charge in [0, 0.05) is 13.0 Å². The van der Waals surface area contributed by atoms with Crippen molar-refractivity contribution in [2.45, 2.75) is 20.1 Å². The zero-order valence-corrected chi connectivity index (χ0v) is 15.6. The summed E-state index contributed by atoms with van der Waals surface area (Å²) in [5.74, 6) is 1.71. The van der Waals surface area contributed by atoms with Crippen LogP contribution < -0.4 is 4.74 Å². The van der Waals surface area contributed by atoms with Gasteiger partial charge >= 0.3 is 5.97 Å². The number of thiophene rings is 1. The van der Waals surface area contributed by atoms with E-state index in [2.05, 4.69) is 15.3 Å². The highest BCUT2D eigenvalue weighted by Gasteiger charge is 2.12. The third kappa shape index (κ3) is 4.26. The summed E-state index contributed by atoms with van der Waals surface area (Å²) in [7, 11) is 0. The molecule has 4 rings (SSSR count). The topological polar surface area (TPSA) is 100 Å². The molecule has 0 fully saturated rings. The largest absolute Gasteiger partial charge is 0.485 e. The standard InChI is InChI=1S/C19H15N3O5S/c1-12-20-18(22-26-12)11-24-15-6-4-13(5-7-15)19(23)25-10-14-9-16(27-21-14)17-3-2-8-28-17/h2-9H,10-11H2,1H3. The number of carbonyl (C=O) groups excluding carboxylic acids is 1. The van der Waals surface area contributed by atoms with E-state index in [4.69, 9.17) is 18.5 Å². The summed E-state index contributed by atoms with van der Waals surface area (Å²) in [4.78, 5) is 17.2. The highest BCUT2D eigenvalue weighted by atomic mass is 32.1. The maximum atomic E-state index is 12.2. The Labute approximate surface area is 163 Å². The number of rotatable bonds is 7. The highest BCUT2D eigenvalue weighted by molar-refractivity contribution is 7.13. The van der Waals surface area contributed by atoms with Gasteiger partial charge in [-0.25, -0.2) is 4.79 Å². The molecule has 0 atom stereocenters. The van der Waals surface area contributed by atoms with Gasteiger partial charge in [-0.2, -0.15) is 4.98 Å². The van der Waals surface area contributed by atoms with Crippen LogP contribution in [0, 0.1) is 6.92 Å². The molecule has 0 aliphatic rings. The molecule has 0 saturated carbocycles. The summed E-state index contributed by atoms with van der Waals surface area (Å²) in [6, 6.07) is 12.2. The van der Waals surface area contributed by atoms with Gasteiger partial charge in [0.1, 0.15) is 18.1 Å². The first-order valence-corrected chi connectivity index (χ1v) is 9.24. The third-order valence-electron chi connectivity index (χ3n) is 3.70. The zero-order chi connectivity index (χ0) is 19.3. The van der Waals surface area contributed by atoms with E-state index in [1.807, 2.05) is 17.5 Å². The Balaban J connectivity index is 1.30. The predicted octanol–water partition coefficient (Wildman–Crippen LogP) is 4.03. The maximum Gasteiger partial charge on any atom is 0.338 e. The average molecular weight is 397 g/mol. The minimum absolute atomic E-state index is 0.0309. The molecule has 0 spiro atoms. The molecule has 0 saturated heterocycles. The molecule has 4 aromatic rings. The second-order valence-corrected chi connectivity index (χ2v) is 6.73. The van der Waals surface area contributed by atoms with Crippen molar-refractivity contribution >= 4 is 17.3 Å². The summed E-state index contributed by atoms with van der Waals surface area (Å²) in [6.45, 7) is 1.92. The van der Waals surface area contributed by atoms with Gasteiger partial charge in [0.15, 0.2) is 12.4 Å². The number of carbonyl (C=O) groups is 1. The molecule has 1 aromatic carbocycles. The summed E-state index contributed by atoms with van der Waals surface area (Å²) < 4.78 is 21.0. The molecule has 3 aromatic heterocycles. The molecule has 3 heterocycles. The number of ether oxygens (including phenoxy) is 2. The van der Waals surface area contributed by atoms with Gasteiger partial charge in [-0.05, 0) is 35.7 Å². The number of hydrogen-bond acceptors (Lipinski definition) is 9. The summed E-state index contributed by atoms with van der Waals surface area (Å²) in [6.07, 6.45) is 0. The monoisotopic (exact) mass is 397 g/mol. The predicted molar refractivity (Wildman–Crippen MR) is 98.7 cm³/mol. The van der Waals surface area contributed by atoms with Crippen LogP contribution in [0.3, 0.4) is 0 Å². The molecule has 0 bridgehead atoms. The van der Waals surface area contributed by atoms with E-state index in [0.29, 0.717) is 34.5 Å². The van der Waals surface area contributed by atoms with E-state index >= 15 is 0 Å². The van der Waals surface area contributed by atoms with Crippen LogP contribution in [0.5, 0.6) is 5.75 Å². The fraction of sp³-hybridized carbons (Fsp3) is 0.158. The smallest absolute Gasteiger partial charge is 0.338 e. The molecule has 0 radical (unpaired) electrons. The van der Waals surface area contributed by atoms with Crippen LogP contribution in [0.4, 0.5) is 0 Å². The van der Waals surface area contributed by atoms with E-state index in [1.165, 1.54) is 0 Å². The molecule has 0 unspecified atom stereocenters. The normalized spacial score (nSPS) is 10.8. The number of hydrogen-bond donors (Lipinski definition) is 0. The average Bonchev–Trinajstić information content (AvgIpc) is 3.46. The van der Waals surface area contributed by atoms with Crippen molar-refractivity contribution in [2.24, 2.45) is 0 Å². The van der Waals surface area contributed by atoms with Crippen LogP contribution in [0.25, 0.3) is 10.6 Å². The Morgan fingerprint density at radius 2 is 1.96 bits per heavy atom. The van der Waals surface area contributed by atoms with Crippen molar-refractivity contribution in [3.8, 4) is 16.4 Å². The minimum atomic E-state index is -0.457. The van der Waals surface area contributed by atoms with E-state index in [1.54, 1.807) is 48.6 Å². The second kappa shape index (κ2) is 8.05. The quantitative estimate of drug-likeness (QED) is 0.431. The van der Waals surface area contributed by atoms with Crippen molar-refractivity contribution in [1.29, 1.82) is 0 Å². The third-order valence-corrected chi connectivity index (χ3v) is 4.59. The minimum Gasteiger partial charge on any atom is -0.485 e. The van der Waals surface area contributed by atoms with Gasteiger partial charge in [-0.3, -0.25) is 0 Å². The van der Waals surface area contributed by atoms with Crippen molar-refractivity contribution in [1.82, 2.24) is 15.3 Å². The number of nitrogens with zero attached hydrogens (tertiary/aromatic N) is 3. The van der Waals surface area contributed by atoms with Gasteiger partial charge in [0.05, 0.1) is 10.4 Å². The molecule has 0 aliphatic heterocycles. The van der Waals surface area contributed by atoms with Gasteiger partial charge in [0.25, 0.3) is 0 Å². The number of benzene rings is 1. The second-order valence-electron chi connectivity index (χ2n) is 5.78. The fourth-order valence-corrected chi connectivity index (χ4v) is 3.05. The summed E-state index contributed by atoms with van der Waals surface area (Å²) in [5.41, 5.74) is 0.955. The highest BCUT2D eigenvalue weighted by Crippen LogP contribution is 2.25. The Hall–Kier alpha value is -3.46. The first-order valence-electron chi connectivity index (χ1n) is 8.36. The lowest BCUT2D eigenvalue weighted by Gasteiger charge is -2.05. The van der Waals surface area contributed by atoms with Gasteiger partial charge < -0.3 is 18.5 Å². The van der Waals surface area contributed by atoms with Crippen LogP contribution in [0.2, 0.25) is 0 Å². The molecule has 0 amide bonds. The van der Waals surface area contributed by atoms with Crippen molar-refractivity contribution < 1.29 is 23.3 Å². The van der Waals surface area contributed by atoms with Crippen LogP contribution >= 0.6 is 11.3 Å². The maximum absolute atomic E-state index is 12.2. The molecule has 9 heteroatoms. The SMILES string of the molecule is Cc1nc(COc2ccc(C(=O)OCc3cc(-c4cccs4)on3)cc2)no1. The van der Waals surface area contributed by atoms with Gasteiger partial charge in [-0.15, -0.1) is 11.3 Å². The first kappa shape index (κ1) is 17.9. The number of aromatic nitrogens is 3. The van der Waals surface area contributed by atoms with Crippen LogP contribution in [0.15, 0.2) is 56.9 Å². The van der Waals surface area contributed by atoms with Crippen molar-refractivity contribution in [3.05, 3.63) is 70.8 Å². The molecule has 8 nitrogen and oxygen atoms in total. The van der Waals surface area contributed by atoms with E-state index in [0.717, 1.165) is 4.88 Å². The van der Waals surface area contributed by atoms with Gasteiger partial charge in [0.2, 0.25) is 11.7 Å². The molecular formula is C19H15N3O5S. The molecule has 142 valence electrons. The van der Waals surface area contributed by atoms with Crippen LogP contribution in [-0.2, 0) is 18.0 Å². The van der Waals surface area contributed by atoms with Crippen LogP contribution in [-0.4, -0.2) is 21.3 Å². The lowest BCUT2D eigenvalue weighted by molar-refractivity contribution is 0.0464. The Morgan fingerprint density at radius 1 is 1.11 bits per heavy atom. The van der Waals surface area contributed by atoms with Crippen molar-refractivity contribution in [2.75, 3.05) is 0 Å². The molecular weight excluding hydrogens is 382 g/mol. The zero-order valence-electron chi connectivity index (χ0n) is 14.8. The summed E-state index contributed by atoms with van der Waals surface area (Å²) in [5, 5.41) is 9.62. The molecule has 28 heavy (non-hydrogen) atoms. The Morgan fingerprint density at radius 3 is 2.68 bits per heavy atom. The number of aryl methyl sites for hydroxylation is 1. The van der Waals surface area contributed by atoms with Gasteiger partial charge in [-0.1, -0.05) is 16.4 Å². The summed E-state index contributed by atoms with van der Waals surface area (Å²) >= 11 is 1.55. The lowest BCUT2D eigenvalue weighted by Crippen LogP contribution is -2.05. The van der Waals surface area contributed by atoms with E-state index in [-0.39, 0.29) is 13.2 Å². The number of esters is 1. The Kier molecular flexibility index (Phi) is 5.16. The molecule has 0 aliphatic carbocycles. The lowest BCUT2D eigenvalue weighted by atomic mass is 10.2. The Bertz CT molecular complexity index is 1050. The first-order chi connectivity index (χ1) is 13.7. The fourth-order valence-electron chi connectivity index (χ4n) is 2.37. The molecule has 0 N–H and O–H groups in total. The van der Waals surface area contributed by atoms with E-state index in [9.17, 15) is 4.79 Å². The van der Waals surface area contributed by atoms with E-state index < -0.39 is 5.97 Å².